The third kappa shape index (κ3) is 5.63. The molecule has 3 aromatic rings. The number of fused-ring (bicyclic) bond motifs is 1. The molecule has 0 fully saturated rings. The van der Waals surface area contributed by atoms with Crippen LogP contribution in [0.2, 0.25) is 0 Å². The summed E-state index contributed by atoms with van der Waals surface area (Å²) in [6.45, 7) is 6.38. The molecule has 5 rings (SSSR count). The molecule has 2 heterocycles. The van der Waals surface area contributed by atoms with Gasteiger partial charge in [-0.15, -0.1) is 0 Å². The highest BCUT2D eigenvalue weighted by Crippen LogP contribution is 2.41. The fraction of sp³-hybridized carbons (Fsp3) is 0.387. The minimum absolute atomic E-state index is 0.0474. The van der Waals surface area contributed by atoms with Crippen molar-refractivity contribution >= 4 is 22.0 Å². The van der Waals surface area contributed by atoms with E-state index in [0.717, 1.165) is 52.7 Å². The van der Waals surface area contributed by atoms with E-state index >= 15 is 0 Å². The maximum atomic E-state index is 6.16. The molecule has 0 radical (unpaired) electrons. The Morgan fingerprint density at radius 3 is 2.42 bits per heavy atom. The third-order valence-corrected chi connectivity index (χ3v) is 7.96. The van der Waals surface area contributed by atoms with Gasteiger partial charge in [-0.25, -0.2) is 4.99 Å². The van der Waals surface area contributed by atoms with E-state index < -0.39 is 0 Å². The molecule has 2 aliphatic rings. The van der Waals surface area contributed by atoms with Gasteiger partial charge in [0, 0.05) is 6.54 Å². The Kier molecular flexibility index (Phi) is 8.12. The highest BCUT2D eigenvalue weighted by Gasteiger charge is 2.35. The van der Waals surface area contributed by atoms with Gasteiger partial charge in [-0.1, -0.05) is 50.2 Å². The van der Waals surface area contributed by atoms with Gasteiger partial charge in [-0.2, -0.15) is 0 Å². The molecule has 0 unspecified atom stereocenters. The Balaban J connectivity index is 1.44. The van der Waals surface area contributed by atoms with Crippen LogP contribution in [0.1, 0.15) is 42.1 Å². The van der Waals surface area contributed by atoms with Gasteiger partial charge in [0.15, 0.2) is 11.5 Å². The van der Waals surface area contributed by atoms with Crippen LogP contribution in [-0.2, 0) is 24.2 Å². The smallest absolute Gasteiger partial charge is 0.288 e. The second-order valence-corrected chi connectivity index (χ2v) is 11.0. The minimum atomic E-state index is 0.0474. The number of benzene rings is 3. The number of nitrogens with zero attached hydrogens (tertiary/aromatic N) is 2. The standard InChI is InChI=1S/C31H35BrN2O4/c1-20(2)26-19-38-31(33-26)34-13-12-23-16-29(35-3)30(36-4)17-24(23)27(34)15-22-10-11-28(25(32)14-22)37-18-21-8-6-5-7-9-21/h5-11,14,16-17,20,26-27H,12-13,15,18-19H2,1-4H3/t26-,27-/m1/s1. The first-order chi connectivity index (χ1) is 18.5. The lowest BCUT2D eigenvalue weighted by molar-refractivity contribution is 0.201. The van der Waals surface area contributed by atoms with E-state index in [0.29, 0.717) is 19.1 Å². The molecule has 200 valence electrons. The van der Waals surface area contributed by atoms with E-state index in [4.69, 9.17) is 23.9 Å². The first-order valence-corrected chi connectivity index (χ1v) is 13.9. The summed E-state index contributed by atoms with van der Waals surface area (Å²) in [5, 5.41) is 0. The SMILES string of the molecule is COc1cc2c(cc1OC)[C@@H](Cc1ccc(OCc3ccccc3)c(Br)c1)N(C1=N[C@@H](C(C)C)CO1)CC2. The molecule has 0 amide bonds. The Bertz CT molecular complexity index is 1290. The van der Waals surface area contributed by atoms with Crippen molar-refractivity contribution in [3.8, 4) is 17.2 Å². The Labute approximate surface area is 233 Å². The largest absolute Gasteiger partial charge is 0.493 e. The molecule has 2 atom stereocenters. The summed E-state index contributed by atoms with van der Waals surface area (Å²) in [4.78, 5) is 7.30. The second-order valence-electron chi connectivity index (χ2n) is 10.1. The van der Waals surface area contributed by atoms with Crippen molar-refractivity contribution < 1.29 is 18.9 Å². The number of rotatable bonds is 8. The molecule has 6 nitrogen and oxygen atoms in total. The molecule has 0 bridgehead atoms. The zero-order valence-corrected chi connectivity index (χ0v) is 24.0. The molecular formula is C31H35BrN2O4. The summed E-state index contributed by atoms with van der Waals surface area (Å²) in [6.07, 6.45) is 1.67. The lowest BCUT2D eigenvalue weighted by Crippen LogP contribution is -2.41. The van der Waals surface area contributed by atoms with Gasteiger partial charge >= 0.3 is 0 Å². The van der Waals surface area contributed by atoms with Crippen LogP contribution in [0.5, 0.6) is 17.2 Å². The summed E-state index contributed by atoms with van der Waals surface area (Å²) in [5.74, 6) is 2.76. The summed E-state index contributed by atoms with van der Waals surface area (Å²) >= 11 is 3.74. The number of amidine groups is 1. The van der Waals surface area contributed by atoms with Crippen LogP contribution in [0.3, 0.4) is 0 Å². The van der Waals surface area contributed by atoms with Gasteiger partial charge in [-0.05, 0) is 81.2 Å². The van der Waals surface area contributed by atoms with Gasteiger partial charge in [0.05, 0.1) is 30.8 Å². The summed E-state index contributed by atoms with van der Waals surface area (Å²) < 4.78 is 24.5. The van der Waals surface area contributed by atoms with Crippen LogP contribution in [0.25, 0.3) is 0 Å². The highest BCUT2D eigenvalue weighted by molar-refractivity contribution is 9.10. The fourth-order valence-electron chi connectivity index (χ4n) is 5.10. The number of aliphatic imine (C=N–C) groups is 1. The summed E-state index contributed by atoms with van der Waals surface area (Å²) in [6, 6.07) is 21.8. The Morgan fingerprint density at radius 2 is 1.74 bits per heavy atom. The summed E-state index contributed by atoms with van der Waals surface area (Å²) in [7, 11) is 3.37. The van der Waals surface area contributed by atoms with Crippen LogP contribution >= 0.6 is 15.9 Å². The van der Waals surface area contributed by atoms with Crippen LogP contribution in [-0.4, -0.2) is 44.3 Å². The zero-order chi connectivity index (χ0) is 26.6. The van der Waals surface area contributed by atoms with E-state index in [1.165, 1.54) is 16.7 Å². The number of methoxy groups -OCH3 is 2. The molecule has 2 aliphatic heterocycles. The molecule has 0 aliphatic carbocycles. The predicted octanol–water partition coefficient (Wildman–Crippen LogP) is 6.60. The maximum absolute atomic E-state index is 6.16. The van der Waals surface area contributed by atoms with Gasteiger partial charge in [0.25, 0.3) is 6.02 Å². The van der Waals surface area contributed by atoms with Crippen LogP contribution in [0.4, 0.5) is 0 Å². The number of hydrogen-bond donors (Lipinski definition) is 0. The van der Waals surface area contributed by atoms with E-state index in [1.54, 1.807) is 14.2 Å². The molecule has 0 saturated carbocycles. The van der Waals surface area contributed by atoms with Crippen LogP contribution in [0.15, 0.2) is 70.1 Å². The van der Waals surface area contributed by atoms with Gasteiger partial charge in [-0.3, -0.25) is 0 Å². The fourth-order valence-corrected chi connectivity index (χ4v) is 5.64. The van der Waals surface area contributed by atoms with Crippen molar-refractivity contribution in [2.45, 2.75) is 45.4 Å². The lowest BCUT2D eigenvalue weighted by Gasteiger charge is -2.38. The second kappa shape index (κ2) is 11.7. The molecule has 3 aromatic carbocycles. The Hall–Kier alpha value is -3.19. The van der Waals surface area contributed by atoms with E-state index in [2.05, 4.69) is 71.1 Å². The summed E-state index contributed by atoms with van der Waals surface area (Å²) in [5.41, 5.74) is 4.82. The number of hydrogen-bond acceptors (Lipinski definition) is 6. The van der Waals surface area contributed by atoms with Gasteiger partial charge in [0.1, 0.15) is 19.0 Å². The molecular weight excluding hydrogens is 544 g/mol. The van der Waals surface area contributed by atoms with Crippen molar-refractivity contribution in [3.63, 3.8) is 0 Å². The van der Waals surface area contributed by atoms with E-state index in [1.807, 2.05) is 24.3 Å². The van der Waals surface area contributed by atoms with Gasteiger partial charge < -0.3 is 23.8 Å². The normalized spacial score (nSPS) is 18.6. The van der Waals surface area contributed by atoms with Crippen LogP contribution in [0, 0.1) is 5.92 Å². The first kappa shape index (κ1) is 26.4. The average Bonchev–Trinajstić information content (AvgIpc) is 3.43. The first-order valence-electron chi connectivity index (χ1n) is 13.1. The quantitative estimate of drug-likeness (QED) is 0.301. The molecule has 7 heteroatoms. The van der Waals surface area contributed by atoms with Gasteiger partial charge in [0.2, 0.25) is 0 Å². The molecule has 0 spiro atoms. The molecule has 0 saturated heterocycles. The van der Waals surface area contributed by atoms with Crippen molar-refractivity contribution in [2.24, 2.45) is 10.9 Å². The van der Waals surface area contributed by atoms with E-state index in [9.17, 15) is 0 Å². The Morgan fingerprint density at radius 1 is 0.974 bits per heavy atom. The molecule has 0 N–H and O–H groups in total. The third-order valence-electron chi connectivity index (χ3n) is 7.34. The minimum Gasteiger partial charge on any atom is -0.493 e. The van der Waals surface area contributed by atoms with Crippen molar-refractivity contribution in [2.75, 3.05) is 27.4 Å². The van der Waals surface area contributed by atoms with Crippen LogP contribution < -0.4 is 14.2 Å². The van der Waals surface area contributed by atoms with Crippen molar-refractivity contribution in [3.05, 3.63) is 87.4 Å². The molecule has 38 heavy (non-hydrogen) atoms. The van der Waals surface area contributed by atoms with E-state index in [-0.39, 0.29) is 12.1 Å². The topological polar surface area (TPSA) is 52.5 Å². The van der Waals surface area contributed by atoms with Crippen molar-refractivity contribution in [1.29, 1.82) is 0 Å². The predicted molar refractivity (Wildman–Crippen MR) is 153 cm³/mol. The monoisotopic (exact) mass is 578 g/mol. The highest BCUT2D eigenvalue weighted by atomic mass is 79.9. The maximum Gasteiger partial charge on any atom is 0.288 e. The average molecular weight is 580 g/mol. The lowest BCUT2D eigenvalue weighted by atomic mass is 9.88. The number of halogens is 1. The zero-order valence-electron chi connectivity index (χ0n) is 22.4. The number of ether oxygens (including phenoxy) is 4. The molecule has 0 aromatic heterocycles. The van der Waals surface area contributed by atoms with Crippen molar-refractivity contribution in [1.82, 2.24) is 4.90 Å².